The van der Waals surface area contributed by atoms with E-state index in [1.165, 1.54) is 25.3 Å². The van der Waals surface area contributed by atoms with E-state index in [1.54, 1.807) is 25.1 Å². The van der Waals surface area contributed by atoms with Crippen LogP contribution >= 0.6 is 27.3 Å². The zero-order valence-electron chi connectivity index (χ0n) is 19.1. The van der Waals surface area contributed by atoms with Crippen molar-refractivity contribution in [2.45, 2.75) is 19.8 Å². The molecule has 3 aromatic rings. The molecule has 3 rings (SSSR count). The average molecular weight is 588 g/mol. The Morgan fingerprint density at radius 2 is 1.86 bits per heavy atom. The molecule has 1 aromatic heterocycles. The Bertz CT molecular complexity index is 1230. The van der Waals surface area contributed by atoms with Gasteiger partial charge in [-0.2, -0.15) is 0 Å². The van der Waals surface area contributed by atoms with E-state index >= 15 is 0 Å². The molecule has 0 spiro atoms. The number of nitrogens with one attached hydrogen (secondary N) is 1. The zero-order valence-corrected chi connectivity index (χ0v) is 21.5. The molecule has 1 N–H and O–H groups in total. The fourth-order valence-corrected chi connectivity index (χ4v) is 5.07. The first-order valence-corrected chi connectivity index (χ1v) is 12.1. The van der Waals surface area contributed by atoms with E-state index in [9.17, 15) is 22.8 Å². The Balaban J connectivity index is 1.81. The second kappa shape index (κ2) is 12.1. The van der Waals surface area contributed by atoms with Crippen molar-refractivity contribution in [3.63, 3.8) is 0 Å². The smallest absolute Gasteiger partial charge is 0.479 e. The summed E-state index contributed by atoms with van der Waals surface area (Å²) in [5, 5.41) is 3.16. The van der Waals surface area contributed by atoms with Crippen LogP contribution in [0, 0.1) is 0 Å². The SMILES string of the molecule is CCOC(=O)COc1c(C(=O)OC)sc(-c2cccc(NCc3cccc(OC(F)(F)F)c3)c2)c1Br. The van der Waals surface area contributed by atoms with E-state index in [2.05, 4.69) is 26.0 Å². The zero-order chi connectivity index (χ0) is 26.3. The van der Waals surface area contributed by atoms with Crippen LogP contribution in [0.5, 0.6) is 11.5 Å². The molecule has 0 aliphatic carbocycles. The number of ether oxygens (including phenoxy) is 4. The number of esters is 2. The summed E-state index contributed by atoms with van der Waals surface area (Å²) in [4.78, 5) is 24.9. The first kappa shape index (κ1) is 27.3. The number of hydrogen-bond donors (Lipinski definition) is 1. The lowest BCUT2D eigenvalue weighted by Crippen LogP contribution is -2.17. The van der Waals surface area contributed by atoms with Gasteiger partial charge in [0.1, 0.15) is 5.75 Å². The van der Waals surface area contributed by atoms with Gasteiger partial charge in [0.15, 0.2) is 17.2 Å². The number of hydrogen-bond acceptors (Lipinski definition) is 8. The molecule has 0 atom stereocenters. The van der Waals surface area contributed by atoms with Gasteiger partial charge in [-0.1, -0.05) is 24.3 Å². The molecule has 0 unspecified atom stereocenters. The number of carbonyl (C=O) groups excluding carboxylic acids is 2. The summed E-state index contributed by atoms with van der Waals surface area (Å²) in [6.45, 7) is 1.72. The molecule has 7 nitrogen and oxygen atoms in total. The molecule has 0 saturated heterocycles. The Kier molecular flexibility index (Phi) is 9.21. The van der Waals surface area contributed by atoms with Crippen LogP contribution in [0.25, 0.3) is 10.4 Å². The molecule has 0 saturated carbocycles. The maximum atomic E-state index is 12.5. The highest BCUT2D eigenvalue weighted by Gasteiger charge is 2.31. The van der Waals surface area contributed by atoms with Gasteiger partial charge in [-0.3, -0.25) is 0 Å². The van der Waals surface area contributed by atoms with E-state index in [4.69, 9.17) is 14.2 Å². The molecule has 1 heterocycles. The lowest BCUT2D eigenvalue weighted by Gasteiger charge is -2.11. The molecule has 192 valence electrons. The standard InChI is InChI=1S/C24H21BrF3NO6S/c1-3-33-18(30)13-34-20-19(25)21(36-22(20)23(31)32-2)15-7-5-8-16(11-15)29-12-14-6-4-9-17(10-14)35-24(26,27)28/h4-11,29H,3,12-13H2,1-2H3. The predicted molar refractivity (Wildman–Crippen MR) is 131 cm³/mol. The topological polar surface area (TPSA) is 83.1 Å². The van der Waals surface area contributed by atoms with E-state index in [0.717, 1.165) is 16.9 Å². The van der Waals surface area contributed by atoms with Crippen LogP contribution in [0.3, 0.4) is 0 Å². The Hall–Kier alpha value is -3.25. The van der Waals surface area contributed by atoms with Crippen molar-refractivity contribution in [1.29, 1.82) is 0 Å². The van der Waals surface area contributed by atoms with Gasteiger partial charge in [0, 0.05) is 12.2 Å². The summed E-state index contributed by atoms with van der Waals surface area (Å²) < 4.78 is 57.2. The lowest BCUT2D eigenvalue weighted by atomic mass is 10.1. The van der Waals surface area contributed by atoms with Gasteiger partial charge in [0.05, 0.1) is 23.1 Å². The normalized spacial score (nSPS) is 11.1. The molecule has 12 heteroatoms. The molecule has 0 fully saturated rings. The van der Waals surface area contributed by atoms with Gasteiger partial charge in [0.25, 0.3) is 0 Å². The van der Waals surface area contributed by atoms with Crippen molar-refractivity contribution >= 4 is 44.9 Å². The monoisotopic (exact) mass is 587 g/mol. The number of methoxy groups -OCH3 is 1. The minimum absolute atomic E-state index is 0.162. The molecule has 0 aliphatic heterocycles. The number of anilines is 1. The van der Waals surface area contributed by atoms with Gasteiger partial charge in [-0.25, -0.2) is 9.59 Å². The van der Waals surface area contributed by atoms with Crippen molar-refractivity contribution in [2.75, 3.05) is 25.6 Å². The fraction of sp³-hybridized carbons (Fsp3) is 0.250. The number of alkyl halides is 3. The maximum absolute atomic E-state index is 12.5. The van der Waals surface area contributed by atoms with Gasteiger partial charge in [0.2, 0.25) is 0 Å². The molecule has 36 heavy (non-hydrogen) atoms. The molecule has 0 amide bonds. The minimum atomic E-state index is -4.77. The number of thiophene rings is 1. The van der Waals surface area contributed by atoms with Gasteiger partial charge >= 0.3 is 18.3 Å². The average Bonchev–Trinajstić information content (AvgIpc) is 3.16. The lowest BCUT2D eigenvalue weighted by molar-refractivity contribution is -0.274. The van der Waals surface area contributed by atoms with Crippen LogP contribution in [0.4, 0.5) is 18.9 Å². The fourth-order valence-electron chi connectivity index (χ4n) is 3.10. The van der Waals surface area contributed by atoms with Gasteiger partial charge in [-0.05, 0) is 58.2 Å². The Morgan fingerprint density at radius 3 is 2.56 bits per heavy atom. The highest BCUT2D eigenvalue weighted by Crippen LogP contribution is 2.46. The maximum Gasteiger partial charge on any atom is 0.573 e. The predicted octanol–water partition coefficient (Wildman–Crippen LogP) is 6.42. The van der Waals surface area contributed by atoms with Crippen LogP contribution in [-0.4, -0.2) is 38.6 Å². The molecule has 0 bridgehead atoms. The summed E-state index contributed by atoms with van der Waals surface area (Å²) >= 11 is 4.57. The van der Waals surface area contributed by atoms with Gasteiger partial charge in [-0.15, -0.1) is 24.5 Å². The highest BCUT2D eigenvalue weighted by molar-refractivity contribution is 9.10. The molecular formula is C24H21BrF3NO6S. The highest BCUT2D eigenvalue weighted by atomic mass is 79.9. The third kappa shape index (κ3) is 7.37. The Labute approximate surface area is 217 Å². The second-order valence-electron chi connectivity index (χ2n) is 7.12. The number of benzene rings is 2. The summed E-state index contributed by atoms with van der Waals surface area (Å²) in [5.41, 5.74) is 1.99. The van der Waals surface area contributed by atoms with E-state index in [0.29, 0.717) is 20.6 Å². The number of rotatable bonds is 10. The molecule has 0 radical (unpaired) electrons. The molecular weight excluding hydrogens is 567 g/mol. The summed E-state index contributed by atoms with van der Waals surface area (Å²) in [6.07, 6.45) is -4.77. The third-order valence-electron chi connectivity index (χ3n) is 4.57. The Morgan fingerprint density at radius 1 is 1.11 bits per heavy atom. The first-order chi connectivity index (χ1) is 17.1. The van der Waals surface area contributed by atoms with Gasteiger partial charge < -0.3 is 24.3 Å². The summed E-state index contributed by atoms with van der Waals surface area (Å²) in [5.74, 6) is -1.34. The van der Waals surface area contributed by atoms with Crippen molar-refractivity contribution in [3.8, 4) is 21.9 Å². The van der Waals surface area contributed by atoms with Crippen LogP contribution in [0.15, 0.2) is 53.0 Å². The largest absolute Gasteiger partial charge is 0.573 e. The van der Waals surface area contributed by atoms with Crippen LogP contribution in [-0.2, 0) is 20.8 Å². The second-order valence-corrected chi connectivity index (χ2v) is 8.93. The third-order valence-corrected chi connectivity index (χ3v) is 6.79. The quantitative estimate of drug-likeness (QED) is 0.274. The van der Waals surface area contributed by atoms with Crippen molar-refractivity contribution in [2.24, 2.45) is 0 Å². The van der Waals surface area contributed by atoms with Crippen molar-refractivity contribution in [3.05, 3.63) is 63.4 Å². The van der Waals surface area contributed by atoms with Crippen molar-refractivity contribution < 1.29 is 41.7 Å². The number of halogens is 4. The molecule has 2 aromatic carbocycles. The minimum Gasteiger partial charge on any atom is -0.479 e. The molecule has 0 aliphatic rings. The van der Waals surface area contributed by atoms with E-state index < -0.39 is 18.3 Å². The van der Waals surface area contributed by atoms with Crippen molar-refractivity contribution in [1.82, 2.24) is 0 Å². The van der Waals surface area contributed by atoms with E-state index in [1.807, 2.05) is 12.1 Å². The first-order valence-electron chi connectivity index (χ1n) is 10.5. The summed E-state index contributed by atoms with van der Waals surface area (Å²) in [7, 11) is 1.24. The van der Waals surface area contributed by atoms with E-state index in [-0.39, 0.29) is 36.1 Å². The van der Waals surface area contributed by atoms with Crippen LogP contribution in [0.1, 0.15) is 22.2 Å². The number of carbonyl (C=O) groups is 2. The summed E-state index contributed by atoms with van der Waals surface area (Å²) in [6, 6.07) is 12.9. The van der Waals surface area contributed by atoms with Crippen LogP contribution < -0.4 is 14.8 Å². The van der Waals surface area contributed by atoms with Crippen LogP contribution in [0.2, 0.25) is 0 Å².